The first-order valence-corrected chi connectivity index (χ1v) is 14.6. The number of carbonyl (C=O) groups is 3. The molecule has 228 valence electrons. The number of halogens is 3. The Morgan fingerprint density at radius 1 is 1.13 bits per heavy atom. The lowest BCUT2D eigenvalue weighted by Gasteiger charge is -2.39. The zero-order valence-electron chi connectivity index (χ0n) is 23.7. The quantitative estimate of drug-likeness (QED) is 0.276. The molecule has 2 fully saturated rings. The highest BCUT2D eigenvalue weighted by molar-refractivity contribution is 6.31. The molecule has 1 saturated heterocycles. The molecule has 0 spiro atoms. The van der Waals surface area contributed by atoms with Gasteiger partial charge in [0, 0.05) is 59.5 Å². The van der Waals surface area contributed by atoms with Gasteiger partial charge in [0.15, 0.2) is 0 Å². The number of benzene rings is 2. The maximum atomic E-state index is 14.8. The summed E-state index contributed by atoms with van der Waals surface area (Å²) in [5, 5.41) is 19.1. The fourth-order valence-electron chi connectivity index (χ4n) is 5.77. The zero-order valence-corrected chi connectivity index (χ0v) is 24.4. The minimum Gasteiger partial charge on any atom is -0.351 e. The predicted molar refractivity (Wildman–Crippen MR) is 161 cm³/mol. The van der Waals surface area contributed by atoms with Crippen molar-refractivity contribution in [3.05, 3.63) is 95.4 Å². The van der Waals surface area contributed by atoms with Crippen LogP contribution in [0.25, 0.3) is 11.1 Å². The van der Waals surface area contributed by atoms with Crippen LogP contribution in [-0.2, 0) is 14.4 Å². The second-order valence-corrected chi connectivity index (χ2v) is 11.4. The molecule has 1 aliphatic heterocycles. The molecule has 13 heteroatoms. The van der Waals surface area contributed by atoms with E-state index >= 15 is 0 Å². The van der Waals surface area contributed by atoms with E-state index in [1.165, 1.54) is 28.1 Å². The molecule has 3 heterocycles. The average Bonchev–Trinajstić information content (AvgIpc) is 3.70. The number of aromatic amines is 1. The van der Waals surface area contributed by atoms with Crippen LogP contribution in [0.3, 0.4) is 0 Å². The van der Waals surface area contributed by atoms with Crippen molar-refractivity contribution >= 4 is 40.8 Å². The lowest BCUT2D eigenvalue weighted by molar-refractivity contribution is -0.133. The van der Waals surface area contributed by atoms with Crippen LogP contribution in [0, 0.1) is 11.3 Å². The van der Waals surface area contributed by atoms with Gasteiger partial charge in [-0.2, -0.15) is 10.4 Å². The lowest BCUT2D eigenvalue weighted by atomic mass is 9.87. The highest BCUT2D eigenvalue weighted by Crippen LogP contribution is 2.40. The highest BCUT2D eigenvalue weighted by atomic mass is 35.5. The van der Waals surface area contributed by atoms with Crippen LogP contribution < -0.4 is 15.1 Å². The lowest BCUT2D eigenvalue weighted by Crippen LogP contribution is -2.56. The maximum Gasteiger partial charge on any atom is 0.252 e. The number of H-pyrrole nitrogens is 1. The van der Waals surface area contributed by atoms with Crippen molar-refractivity contribution in [1.29, 1.82) is 5.26 Å². The van der Waals surface area contributed by atoms with E-state index in [0.717, 1.165) is 5.56 Å². The number of carbonyl (C=O) groups excluding carboxylic acids is 3. The number of amides is 3. The summed E-state index contributed by atoms with van der Waals surface area (Å²) in [7, 11) is 0. The molecule has 1 saturated carbocycles. The van der Waals surface area contributed by atoms with Gasteiger partial charge in [0.25, 0.3) is 11.8 Å². The van der Waals surface area contributed by atoms with Gasteiger partial charge in [-0.05, 0) is 42.3 Å². The van der Waals surface area contributed by atoms with Gasteiger partial charge >= 0.3 is 0 Å². The Bertz CT molecular complexity index is 1800. The third kappa shape index (κ3) is 5.99. The van der Waals surface area contributed by atoms with Crippen LogP contribution in [0.5, 0.6) is 0 Å². The summed E-state index contributed by atoms with van der Waals surface area (Å²) in [5.74, 6) is -4.46. The molecule has 1 aliphatic carbocycles. The van der Waals surface area contributed by atoms with Crippen molar-refractivity contribution in [3.63, 3.8) is 0 Å². The van der Waals surface area contributed by atoms with Crippen molar-refractivity contribution < 1.29 is 23.2 Å². The van der Waals surface area contributed by atoms with Crippen molar-refractivity contribution in [1.82, 2.24) is 20.5 Å². The summed E-state index contributed by atoms with van der Waals surface area (Å²) in [5.41, 5.74) is 2.22. The molecule has 2 aromatic heterocycles. The number of rotatable bonds is 8. The molecule has 1 unspecified atom stereocenters. The molecule has 0 radical (unpaired) electrons. The van der Waals surface area contributed by atoms with Crippen LogP contribution in [0.2, 0.25) is 5.02 Å². The molecule has 6 rings (SSSR count). The summed E-state index contributed by atoms with van der Waals surface area (Å²) in [4.78, 5) is 48.9. The van der Waals surface area contributed by atoms with E-state index in [1.807, 2.05) is 6.07 Å². The van der Waals surface area contributed by atoms with Gasteiger partial charge in [-0.15, -0.1) is 0 Å². The SMILES string of the molecule is N#Cc1ccnc(N2C(=O)CC[C@H]2C(=O)N(c2cccc(-c3cn[nH]c3)c2)C(C(=O)NC2CC(F)(F)C2)c2ccccc2Cl)c1. The first-order valence-electron chi connectivity index (χ1n) is 14.2. The maximum absolute atomic E-state index is 14.8. The Labute approximate surface area is 261 Å². The average molecular weight is 630 g/mol. The summed E-state index contributed by atoms with van der Waals surface area (Å²) in [6.07, 6.45) is 3.74. The number of pyridine rings is 1. The number of hydrogen-bond donors (Lipinski definition) is 2. The van der Waals surface area contributed by atoms with Crippen LogP contribution in [-0.4, -0.2) is 50.9 Å². The number of nitrogens with one attached hydrogen (secondary N) is 2. The monoisotopic (exact) mass is 629 g/mol. The fraction of sp³-hybridized carbons (Fsp3) is 0.250. The van der Waals surface area contributed by atoms with Gasteiger partial charge in [0.05, 0.1) is 17.8 Å². The fourth-order valence-corrected chi connectivity index (χ4v) is 6.01. The summed E-state index contributed by atoms with van der Waals surface area (Å²) in [6.45, 7) is 0. The van der Waals surface area contributed by atoms with E-state index in [2.05, 4.69) is 20.5 Å². The minimum atomic E-state index is -2.89. The van der Waals surface area contributed by atoms with E-state index in [0.29, 0.717) is 11.3 Å². The number of aromatic nitrogens is 3. The summed E-state index contributed by atoms with van der Waals surface area (Å²) >= 11 is 6.63. The van der Waals surface area contributed by atoms with Crippen molar-refractivity contribution in [2.45, 2.75) is 49.7 Å². The van der Waals surface area contributed by atoms with Crippen LogP contribution >= 0.6 is 11.6 Å². The molecule has 0 bridgehead atoms. The Hall–Kier alpha value is -5.15. The first kappa shape index (κ1) is 29.9. The van der Waals surface area contributed by atoms with Gasteiger partial charge in [-0.3, -0.25) is 29.3 Å². The van der Waals surface area contributed by atoms with Gasteiger partial charge in [-0.25, -0.2) is 13.8 Å². The molecule has 4 aromatic rings. The summed E-state index contributed by atoms with van der Waals surface area (Å²) in [6, 6.07) is 15.0. The molecule has 2 aliphatic rings. The molecule has 2 aromatic carbocycles. The van der Waals surface area contributed by atoms with E-state index < -0.39 is 48.7 Å². The third-order valence-corrected chi connectivity index (χ3v) is 8.30. The summed E-state index contributed by atoms with van der Waals surface area (Å²) < 4.78 is 27.5. The number of hydrogen-bond acceptors (Lipinski definition) is 6. The Kier molecular flexibility index (Phi) is 8.03. The van der Waals surface area contributed by atoms with Crippen LogP contribution in [0.1, 0.15) is 42.9 Å². The van der Waals surface area contributed by atoms with E-state index in [9.17, 15) is 28.4 Å². The zero-order chi connectivity index (χ0) is 31.7. The molecule has 2 N–H and O–H groups in total. The Balaban J connectivity index is 1.48. The molecular weight excluding hydrogens is 604 g/mol. The molecular formula is C32H26ClF2N7O3. The van der Waals surface area contributed by atoms with Gasteiger partial charge in [0.2, 0.25) is 11.8 Å². The van der Waals surface area contributed by atoms with Crippen molar-refractivity contribution in [2.75, 3.05) is 9.80 Å². The topological polar surface area (TPSA) is 135 Å². The highest BCUT2D eigenvalue weighted by Gasteiger charge is 2.48. The molecule has 2 atom stereocenters. The normalized spacial score (nSPS) is 18.1. The Morgan fingerprint density at radius 2 is 1.93 bits per heavy atom. The third-order valence-electron chi connectivity index (χ3n) is 7.95. The largest absolute Gasteiger partial charge is 0.351 e. The van der Waals surface area contributed by atoms with E-state index in [-0.39, 0.29) is 40.7 Å². The van der Waals surface area contributed by atoms with E-state index in [4.69, 9.17) is 11.6 Å². The van der Waals surface area contributed by atoms with Crippen LogP contribution in [0.15, 0.2) is 79.3 Å². The molecule has 3 amide bonds. The van der Waals surface area contributed by atoms with Gasteiger partial charge < -0.3 is 5.32 Å². The second kappa shape index (κ2) is 12.1. The second-order valence-electron chi connectivity index (χ2n) is 11.0. The minimum absolute atomic E-state index is 0.0257. The first-order chi connectivity index (χ1) is 21.6. The number of alkyl halides is 2. The van der Waals surface area contributed by atoms with Crippen LogP contribution in [0.4, 0.5) is 20.3 Å². The predicted octanol–water partition coefficient (Wildman–Crippen LogP) is 5.18. The standard InChI is InChI=1S/C32H26ClF2N7O3/c33-25-7-2-1-6-24(25)29(30(44)40-22-14-32(34,35)15-22)41(23-5-3-4-20(13-23)21-17-38-39-18-21)31(45)26-8-9-28(43)42(26)27-12-19(16-36)10-11-37-27/h1-7,10-13,17-18,22,26,29H,8-9,14-15H2,(H,38,39)(H,40,44)/t26-,29?/m0/s1. The smallest absolute Gasteiger partial charge is 0.252 e. The van der Waals surface area contributed by atoms with Gasteiger partial charge in [-0.1, -0.05) is 41.9 Å². The van der Waals surface area contributed by atoms with Crippen molar-refractivity contribution in [3.8, 4) is 17.2 Å². The van der Waals surface area contributed by atoms with Crippen molar-refractivity contribution in [2.24, 2.45) is 0 Å². The van der Waals surface area contributed by atoms with E-state index in [1.54, 1.807) is 60.9 Å². The number of anilines is 2. The molecule has 45 heavy (non-hydrogen) atoms. The number of nitrogens with zero attached hydrogens (tertiary/aromatic N) is 5. The molecule has 10 nitrogen and oxygen atoms in total. The van der Waals surface area contributed by atoms with Gasteiger partial charge in [0.1, 0.15) is 17.9 Å². The Morgan fingerprint density at radius 3 is 2.64 bits per heavy atom. The number of nitriles is 1.